The maximum Gasteiger partial charge on any atom is 0.372 e. The summed E-state index contributed by atoms with van der Waals surface area (Å²) in [5.74, 6) is -1.40. The molecule has 7 nitrogen and oxygen atoms in total. The molecule has 0 fully saturated rings. The molecular formula is C24H23ClN2O5S2. The first-order chi connectivity index (χ1) is 16.2. The minimum Gasteiger partial charge on any atom is -0.475 e. The highest BCUT2D eigenvalue weighted by Crippen LogP contribution is 2.32. The van der Waals surface area contributed by atoms with Crippen LogP contribution in [0, 0.1) is 6.92 Å². The van der Waals surface area contributed by atoms with Crippen molar-refractivity contribution in [1.82, 2.24) is 5.32 Å². The van der Waals surface area contributed by atoms with Crippen molar-refractivity contribution in [2.45, 2.75) is 31.8 Å². The summed E-state index contributed by atoms with van der Waals surface area (Å²) in [6.45, 7) is 4.65. The highest BCUT2D eigenvalue weighted by Gasteiger charge is 2.27. The van der Waals surface area contributed by atoms with E-state index in [1.54, 1.807) is 43.4 Å². The molecule has 0 unspecified atom stereocenters. The Labute approximate surface area is 206 Å². The van der Waals surface area contributed by atoms with Gasteiger partial charge in [0.1, 0.15) is 5.58 Å². The number of nitrogens with zero attached hydrogens (tertiary/aromatic N) is 1. The predicted octanol–water partition coefficient (Wildman–Crippen LogP) is 5.66. The third kappa shape index (κ3) is 4.69. The van der Waals surface area contributed by atoms with Crippen LogP contribution in [0.25, 0.3) is 11.0 Å². The molecule has 2 aromatic carbocycles. The molecule has 10 heteroatoms. The summed E-state index contributed by atoms with van der Waals surface area (Å²) in [6.07, 6.45) is 0. The molecule has 0 aliphatic rings. The number of benzene rings is 2. The van der Waals surface area contributed by atoms with Gasteiger partial charge in [0.15, 0.2) is 0 Å². The fraction of sp³-hybridized carbons (Fsp3) is 0.208. The van der Waals surface area contributed by atoms with E-state index in [4.69, 9.17) is 16.0 Å². The van der Waals surface area contributed by atoms with Crippen LogP contribution < -0.4 is 9.62 Å². The number of fused-ring (bicyclic) bond motifs is 1. The van der Waals surface area contributed by atoms with Crippen LogP contribution in [0.5, 0.6) is 0 Å². The number of carboxylic acids is 1. The van der Waals surface area contributed by atoms with E-state index in [0.29, 0.717) is 40.3 Å². The highest BCUT2D eigenvalue weighted by atomic mass is 35.5. The van der Waals surface area contributed by atoms with E-state index in [9.17, 15) is 18.3 Å². The number of anilines is 1. The summed E-state index contributed by atoms with van der Waals surface area (Å²) in [4.78, 5) is 12.6. The summed E-state index contributed by atoms with van der Waals surface area (Å²) in [7, 11) is -3.95. The molecule has 2 N–H and O–H groups in total. The van der Waals surface area contributed by atoms with Crippen molar-refractivity contribution >= 4 is 55.6 Å². The van der Waals surface area contributed by atoms with Crippen molar-refractivity contribution in [1.29, 1.82) is 0 Å². The number of aromatic carboxylic acids is 1. The fourth-order valence-electron chi connectivity index (χ4n) is 3.83. The average molecular weight is 519 g/mol. The second kappa shape index (κ2) is 9.79. The van der Waals surface area contributed by atoms with Crippen molar-refractivity contribution in [3.63, 3.8) is 0 Å². The highest BCUT2D eigenvalue weighted by molar-refractivity contribution is 7.92. The molecule has 0 saturated heterocycles. The third-order valence-corrected chi connectivity index (χ3v) is 8.48. The van der Waals surface area contributed by atoms with Gasteiger partial charge in [-0.3, -0.25) is 4.31 Å². The molecule has 0 aliphatic heterocycles. The maximum atomic E-state index is 13.7. The smallest absolute Gasteiger partial charge is 0.372 e. The molecule has 178 valence electrons. The molecule has 34 heavy (non-hydrogen) atoms. The van der Waals surface area contributed by atoms with Gasteiger partial charge in [0.25, 0.3) is 10.0 Å². The van der Waals surface area contributed by atoms with E-state index in [-0.39, 0.29) is 17.2 Å². The zero-order valence-electron chi connectivity index (χ0n) is 18.5. The number of thiophene rings is 1. The van der Waals surface area contributed by atoms with Crippen LogP contribution in [0.3, 0.4) is 0 Å². The first-order valence-electron chi connectivity index (χ1n) is 10.5. The van der Waals surface area contributed by atoms with Crippen LogP contribution in [0.1, 0.15) is 33.5 Å². The lowest BCUT2D eigenvalue weighted by Crippen LogP contribution is -2.32. The zero-order chi connectivity index (χ0) is 24.5. The van der Waals surface area contributed by atoms with Gasteiger partial charge < -0.3 is 14.8 Å². The lowest BCUT2D eigenvalue weighted by molar-refractivity contribution is 0.0664. The Hall–Kier alpha value is -2.85. The maximum absolute atomic E-state index is 13.7. The first kappa shape index (κ1) is 24.3. The SMILES string of the molecule is CCN(c1ccc(Cl)cc1CNCc1cccs1)S(=O)(=O)c1ccc2oc(C(=O)O)c(C)c2c1. The Morgan fingerprint density at radius 2 is 1.97 bits per heavy atom. The van der Waals surface area contributed by atoms with E-state index < -0.39 is 16.0 Å². The minimum atomic E-state index is -3.95. The largest absolute Gasteiger partial charge is 0.475 e. The number of hydrogen-bond acceptors (Lipinski definition) is 6. The number of hydrogen-bond donors (Lipinski definition) is 2. The van der Waals surface area contributed by atoms with Crippen molar-refractivity contribution < 1.29 is 22.7 Å². The predicted molar refractivity (Wildman–Crippen MR) is 134 cm³/mol. The molecule has 2 aromatic heterocycles. The molecule has 0 amide bonds. The van der Waals surface area contributed by atoms with Crippen LogP contribution >= 0.6 is 22.9 Å². The van der Waals surface area contributed by atoms with Crippen LogP contribution in [0.2, 0.25) is 5.02 Å². The van der Waals surface area contributed by atoms with Gasteiger partial charge in [-0.05, 0) is 67.3 Å². The van der Waals surface area contributed by atoms with Gasteiger partial charge in [0.05, 0.1) is 10.6 Å². The summed E-state index contributed by atoms with van der Waals surface area (Å²) in [6, 6.07) is 13.5. The van der Waals surface area contributed by atoms with Gasteiger partial charge >= 0.3 is 5.97 Å². The van der Waals surface area contributed by atoms with Crippen molar-refractivity contribution in [2.75, 3.05) is 10.8 Å². The van der Waals surface area contributed by atoms with Gasteiger partial charge in [-0.25, -0.2) is 13.2 Å². The summed E-state index contributed by atoms with van der Waals surface area (Å²) in [5.41, 5.74) is 1.98. The first-order valence-corrected chi connectivity index (χ1v) is 13.2. The van der Waals surface area contributed by atoms with Gasteiger partial charge in [-0.1, -0.05) is 17.7 Å². The quantitative estimate of drug-likeness (QED) is 0.296. The lowest BCUT2D eigenvalue weighted by atomic mass is 10.1. The molecule has 0 bridgehead atoms. The van der Waals surface area contributed by atoms with E-state index in [1.807, 2.05) is 17.5 Å². The second-order valence-corrected chi connectivity index (χ2v) is 11.0. The monoisotopic (exact) mass is 518 g/mol. The van der Waals surface area contributed by atoms with E-state index in [1.165, 1.54) is 27.4 Å². The molecular weight excluding hydrogens is 496 g/mol. The van der Waals surface area contributed by atoms with Crippen LogP contribution in [-0.4, -0.2) is 26.0 Å². The Kier molecular flexibility index (Phi) is 6.99. The number of carbonyl (C=O) groups is 1. The van der Waals surface area contributed by atoms with E-state index in [0.717, 1.165) is 5.56 Å². The molecule has 0 atom stereocenters. The number of furan rings is 1. The molecule has 0 spiro atoms. The van der Waals surface area contributed by atoms with Gasteiger partial charge in [-0.15, -0.1) is 11.3 Å². The molecule has 4 aromatic rings. The number of aryl methyl sites for hydroxylation is 1. The average Bonchev–Trinajstić information content (AvgIpc) is 3.43. The fourth-order valence-corrected chi connectivity index (χ4v) is 6.24. The topological polar surface area (TPSA) is 99.9 Å². The molecule has 0 saturated carbocycles. The lowest BCUT2D eigenvalue weighted by Gasteiger charge is -2.26. The van der Waals surface area contributed by atoms with Gasteiger partial charge in [0.2, 0.25) is 5.76 Å². The van der Waals surface area contributed by atoms with Crippen LogP contribution in [-0.2, 0) is 23.1 Å². The molecule has 4 rings (SSSR count). The Morgan fingerprint density at radius 3 is 2.65 bits per heavy atom. The Morgan fingerprint density at radius 1 is 1.18 bits per heavy atom. The van der Waals surface area contributed by atoms with Gasteiger partial charge in [-0.2, -0.15) is 0 Å². The summed E-state index contributed by atoms with van der Waals surface area (Å²) < 4.78 is 34.1. The second-order valence-electron chi connectivity index (χ2n) is 7.65. The number of sulfonamides is 1. The number of rotatable bonds is 9. The third-order valence-electron chi connectivity index (χ3n) is 5.48. The van der Waals surface area contributed by atoms with Crippen LogP contribution in [0.15, 0.2) is 63.2 Å². The number of carboxylic acid groups (broad SMARTS) is 1. The van der Waals surface area contributed by atoms with E-state index in [2.05, 4.69) is 5.32 Å². The standard InChI is InChI=1S/C24H23ClN2O5S2/c1-3-27(21-8-6-17(25)11-16(21)13-26-14-18-5-4-10-33-18)34(30,31)19-7-9-22-20(12-19)15(2)23(32-22)24(28)29/h4-12,26H,3,13-14H2,1-2H3,(H,28,29). The Bertz CT molecular complexity index is 1450. The summed E-state index contributed by atoms with van der Waals surface area (Å²) in [5, 5.41) is 15.6. The molecule has 0 radical (unpaired) electrons. The minimum absolute atomic E-state index is 0.0510. The van der Waals surface area contributed by atoms with E-state index >= 15 is 0 Å². The van der Waals surface area contributed by atoms with Gasteiger partial charge in [0, 0.05) is 40.5 Å². The summed E-state index contributed by atoms with van der Waals surface area (Å²) >= 11 is 7.88. The van der Waals surface area contributed by atoms with Crippen molar-refractivity contribution in [2.24, 2.45) is 0 Å². The normalized spacial score (nSPS) is 11.7. The number of nitrogens with one attached hydrogen (secondary N) is 1. The van der Waals surface area contributed by atoms with Crippen molar-refractivity contribution in [3.05, 3.63) is 80.7 Å². The van der Waals surface area contributed by atoms with Crippen molar-refractivity contribution in [3.8, 4) is 0 Å². The van der Waals surface area contributed by atoms with Crippen LogP contribution in [0.4, 0.5) is 5.69 Å². The number of halogens is 1. The molecule has 2 heterocycles. The zero-order valence-corrected chi connectivity index (χ0v) is 20.9. The Balaban J connectivity index is 1.70. The molecule has 0 aliphatic carbocycles.